The smallest absolute Gasteiger partial charge is 0.129 e. The Hall–Kier alpha value is -0.410. The van der Waals surface area contributed by atoms with E-state index in [1.54, 1.807) is 12.1 Å². The molecule has 0 heterocycles. The third kappa shape index (κ3) is 2.35. The number of hydrogen-bond acceptors (Lipinski definition) is 1. The molecule has 2 saturated carbocycles. The molecule has 1 aromatic rings. The second-order valence-corrected chi connectivity index (χ2v) is 6.77. The third-order valence-electron chi connectivity index (χ3n) is 4.48. The van der Waals surface area contributed by atoms with Gasteiger partial charge in [-0.25, -0.2) is 4.39 Å². The Kier molecular flexibility index (Phi) is 3.23. The molecule has 2 aliphatic rings. The Labute approximate surface area is 116 Å². The molecule has 1 N–H and O–H groups in total. The van der Waals surface area contributed by atoms with Crippen molar-refractivity contribution in [2.24, 2.45) is 11.8 Å². The van der Waals surface area contributed by atoms with Gasteiger partial charge in [-0.3, -0.25) is 0 Å². The highest BCUT2D eigenvalue weighted by Crippen LogP contribution is 2.50. The molecule has 18 heavy (non-hydrogen) atoms. The molecule has 98 valence electrons. The van der Waals surface area contributed by atoms with E-state index in [2.05, 4.69) is 15.9 Å². The van der Waals surface area contributed by atoms with E-state index in [0.29, 0.717) is 17.9 Å². The summed E-state index contributed by atoms with van der Waals surface area (Å²) in [5.41, 5.74) is -0.485. The van der Waals surface area contributed by atoms with Crippen LogP contribution in [0.1, 0.15) is 44.1 Å². The van der Waals surface area contributed by atoms with Gasteiger partial charge in [0.1, 0.15) is 5.82 Å². The van der Waals surface area contributed by atoms with E-state index in [0.717, 1.165) is 23.2 Å². The largest absolute Gasteiger partial charge is 0.385 e. The molecule has 2 aliphatic carbocycles. The predicted octanol–water partition coefficient (Wildman–Crippen LogP) is 4.38. The van der Waals surface area contributed by atoms with Crippen molar-refractivity contribution in [3.05, 3.63) is 34.1 Å². The lowest BCUT2D eigenvalue weighted by atomic mass is 9.72. The standard InChI is InChI=1S/C15H18BrFO/c16-12-5-6-14(17)13(8-12)15(18)7-1-2-11(9-15)10-3-4-10/h5-6,8,10-11,18H,1-4,7,9H2. The van der Waals surface area contributed by atoms with Crippen molar-refractivity contribution in [2.75, 3.05) is 0 Å². The lowest BCUT2D eigenvalue weighted by Crippen LogP contribution is -2.34. The van der Waals surface area contributed by atoms with Crippen molar-refractivity contribution >= 4 is 15.9 Å². The van der Waals surface area contributed by atoms with E-state index in [1.807, 2.05) is 0 Å². The zero-order chi connectivity index (χ0) is 12.8. The zero-order valence-electron chi connectivity index (χ0n) is 10.3. The van der Waals surface area contributed by atoms with Gasteiger partial charge in [0.05, 0.1) is 5.60 Å². The van der Waals surface area contributed by atoms with E-state index in [-0.39, 0.29) is 5.82 Å². The van der Waals surface area contributed by atoms with Crippen LogP contribution >= 0.6 is 15.9 Å². The van der Waals surface area contributed by atoms with Crippen LogP contribution < -0.4 is 0 Å². The Balaban J connectivity index is 1.90. The van der Waals surface area contributed by atoms with Crippen LogP contribution in [0.3, 0.4) is 0 Å². The molecule has 1 aromatic carbocycles. The quantitative estimate of drug-likeness (QED) is 0.859. The molecule has 3 heteroatoms. The van der Waals surface area contributed by atoms with Gasteiger partial charge in [-0.2, -0.15) is 0 Å². The van der Waals surface area contributed by atoms with Crippen LogP contribution in [-0.4, -0.2) is 5.11 Å². The van der Waals surface area contributed by atoms with Crippen molar-refractivity contribution in [3.8, 4) is 0 Å². The van der Waals surface area contributed by atoms with Crippen molar-refractivity contribution in [2.45, 2.75) is 44.1 Å². The lowest BCUT2D eigenvalue weighted by Gasteiger charge is -2.37. The van der Waals surface area contributed by atoms with Crippen molar-refractivity contribution in [1.82, 2.24) is 0 Å². The van der Waals surface area contributed by atoms with Crippen molar-refractivity contribution in [1.29, 1.82) is 0 Å². The van der Waals surface area contributed by atoms with Gasteiger partial charge in [0.25, 0.3) is 0 Å². The number of rotatable bonds is 2. The summed E-state index contributed by atoms with van der Waals surface area (Å²) in [7, 11) is 0. The monoisotopic (exact) mass is 312 g/mol. The minimum Gasteiger partial charge on any atom is -0.385 e. The molecule has 0 aliphatic heterocycles. The molecular formula is C15H18BrFO. The number of halogens is 2. The summed E-state index contributed by atoms with van der Waals surface area (Å²) < 4.78 is 14.8. The molecule has 0 bridgehead atoms. The number of hydrogen-bond donors (Lipinski definition) is 1. The zero-order valence-corrected chi connectivity index (χ0v) is 11.9. The normalized spacial score (nSPS) is 32.5. The van der Waals surface area contributed by atoms with E-state index in [1.165, 1.54) is 25.3 Å². The topological polar surface area (TPSA) is 20.2 Å². The first-order valence-corrected chi connectivity index (χ1v) is 7.56. The predicted molar refractivity (Wildman–Crippen MR) is 72.7 cm³/mol. The van der Waals surface area contributed by atoms with E-state index < -0.39 is 5.60 Å². The van der Waals surface area contributed by atoms with Crippen molar-refractivity contribution in [3.63, 3.8) is 0 Å². The third-order valence-corrected chi connectivity index (χ3v) is 4.98. The molecule has 3 rings (SSSR count). The van der Waals surface area contributed by atoms with Crippen LogP contribution in [0.5, 0.6) is 0 Å². The second kappa shape index (κ2) is 4.61. The molecule has 2 unspecified atom stereocenters. The van der Waals surface area contributed by atoms with Gasteiger partial charge in [-0.15, -0.1) is 0 Å². The fraction of sp³-hybridized carbons (Fsp3) is 0.600. The molecule has 1 nitrogen and oxygen atoms in total. The molecule has 2 atom stereocenters. The average molecular weight is 313 g/mol. The second-order valence-electron chi connectivity index (χ2n) is 5.85. The molecule has 0 amide bonds. The van der Waals surface area contributed by atoms with Crippen molar-refractivity contribution < 1.29 is 9.50 Å². The summed E-state index contributed by atoms with van der Waals surface area (Å²) in [4.78, 5) is 0. The molecule has 0 spiro atoms. The summed E-state index contributed by atoms with van der Waals surface area (Å²) in [6, 6.07) is 4.87. The molecule has 0 aromatic heterocycles. The average Bonchev–Trinajstić information content (AvgIpc) is 3.16. The molecular weight excluding hydrogens is 295 g/mol. The lowest BCUT2D eigenvalue weighted by molar-refractivity contribution is -0.0278. The minimum atomic E-state index is -0.959. The van der Waals surface area contributed by atoms with Gasteiger partial charge in [0.15, 0.2) is 0 Å². The first-order chi connectivity index (χ1) is 8.58. The highest BCUT2D eigenvalue weighted by atomic mass is 79.9. The molecule has 0 radical (unpaired) electrons. The van der Waals surface area contributed by atoms with Crippen LogP contribution in [0.2, 0.25) is 0 Å². The first kappa shape index (κ1) is 12.6. The molecule has 0 saturated heterocycles. The maximum Gasteiger partial charge on any atom is 0.129 e. The van der Waals surface area contributed by atoms with Crippen LogP contribution in [0.25, 0.3) is 0 Å². The van der Waals surface area contributed by atoms with Gasteiger partial charge in [-0.05, 0) is 68.6 Å². The van der Waals surface area contributed by atoms with Gasteiger partial charge < -0.3 is 5.11 Å². The van der Waals surface area contributed by atoms with E-state index in [4.69, 9.17) is 0 Å². The fourth-order valence-corrected chi connectivity index (χ4v) is 3.72. The maximum absolute atomic E-state index is 14.0. The highest BCUT2D eigenvalue weighted by Gasteiger charge is 2.42. The summed E-state index contributed by atoms with van der Waals surface area (Å²) in [6.07, 6.45) is 6.20. The van der Waals surface area contributed by atoms with Gasteiger partial charge in [-0.1, -0.05) is 15.9 Å². The Morgan fingerprint density at radius 1 is 1.22 bits per heavy atom. The van der Waals surface area contributed by atoms with Gasteiger partial charge in [0.2, 0.25) is 0 Å². The summed E-state index contributed by atoms with van der Waals surface area (Å²) in [5.74, 6) is 1.09. The van der Waals surface area contributed by atoms with Crippen LogP contribution in [0, 0.1) is 17.7 Å². The Morgan fingerprint density at radius 3 is 2.72 bits per heavy atom. The van der Waals surface area contributed by atoms with Gasteiger partial charge >= 0.3 is 0 Å². The highest BCUT2D eigenvalue weighted by molar-refractivity contribution is 9.10. The number of benzene rings is 1. The van der Waals surface area contributed by atoms with Crippen LogP contribution in [0.15, 0.2) is 22.7 Å². The summed E-state index contributed by atoms with van der Waals surface area (Å²) in [5, 5.41) is 10.8. The summed E-state index contributed by atoms with van der Waals surface area (Å²) >= 11 is 3.37. The van der Waals surface area contributed by atoms with E-state index >= 15 is 0 Å². The Morgan fingerprint density at radius 2 is 2.00 bits per heavy atom. The van der Waals surface area contributed by atoms with Gasteiger partial charge in [0, 0.05) is 10.0 Å². The Bertz CT molecular complexity index is 458. The number of aliphatic hydroxyl groups is 1. The van der Waals surface area contributed by atoms with Crippen LogP contribution in [-0.2, 0) is 5.60 Å². The first-order valence-electron chi connectivity index (χ1n) is 6.76. The SMILES string of the molecule is OC1(c2cc(Br)ccc2F)CCCC(C2CC2)C1. The summed E-state index contributed by atoms with van der Waals surface area (Å²) in [6.45, 7) is 0. The fourth-order valence-electron chi connectivity index (χ4n) is 3.36. The molecule has 2 fully saturated rings. The maximum atomic E-state index is 14.0. The van der Waals surface area contributed by atoms with E-state index in [9.17, 15) is 9.50 Å². The van der Waals surface area contributed by atoms with Crippen LogP contribution in [0.4, 0.5) is 4.39 Å². The minimum absolute atomic E-state index is 0.280.